The molecule has 0 unspecified atom stereocenters. The Hall–Kier alpha value is -3.55. The fourth-order valence-electron chi connectivity index (χ4n) is 3.96. The van der Waals surface area contributed by atoms with Crippen molar-refractivity contribution in [2.45, 2.75) is 32.4 Å². The van der Waals surface area contributed by atoms with E-state index in [1.807, 2.05) is 56.3 Å². The van der Waals surface area contributed by atoms with Gasteiger partial charge in [-0.2, -0.15) is 5.10 Å². The molecule has 3 heterocycles. The molecule has 0 aliphatic carbocycles. The van der Waals surface area contributed by atoms with Crippen LogP contribution in [0.2, 0.25) is 0 Å². The van der Waals surface area contributed by atoms with Crippen LogP contribution >= 0.6 is 0 Å². The number of hydrogen-bond donors (Lipinski definition) is 1. The summed E-state index contributed by atoms with van der Waals surface area (Å²) in [6.07, 6.45) is 2.82. The molecule has 3 atom stereocenters. The van der Waals surface area contributed by atoms with Crippen LogP contribution in [0.3, 0.4) is 0 Å². The maximum Gasteiger partial charge on any atom is 0.275 e. The highest BCUT2D eigenvalue weighted by molar-refractivity contribution is 6.02. The molecule has 0 saturated heterocycles. The van der Waals surface area contributed by atoms with Crippen LogP contribution in [-0.2, 0) is 11.3 Å². The lowest BCUT2D eigenvalue weighted by Gasteiger charge is -2.26. The van der Waals surface area contributed by atoms with E-state index in [-0.39, 0.29) is 23.4 Å². The van der Waals surface area contributed by atoms with Gasteiger partial charge in [0.2, 0.25) is 0 Å². The van der Waals surface area contributed by atoms with Crippen molar-refractivity contribution in [3.05, 3.63) is 77.5 Å². The number of hydrogen-bond acceptors (Lipinski definition) is 4. The molecule has 1 N–H and O–H groups in total. The van der Waals surface area contributed by atoms with Crippen molar-refractivity contribution >= 4 is 17.6 Å². The Kier molecular flexibility index (Phi) is 5.54. The number of carbonyl (C=O) groups excluding carboxylic acids is 2. The number of rotatable bonds is 4. The van der Waals surface area contributed by atoms with Gasteiger partial charge in [0.05, 0.1) is 12.7 Å². The van der Waals surface area contributed by atoms with Crippen LogP contribution in [0.4, 0.5) is 10.2 Å². The number of amides is 2. The van der Waals surface area contributed by atoms with Crippen molar-refractivity contribution in [1.82, 2.24) is 20.1 Å². The summed E-state index contributed by atoms with van der Waals surface area (Å²) in [7, 11) is 1.63. The summed E-state index contributed by atoms with van der Waals surface area (Å²) in [6.45, 7) is 4.23. The van der Waals surface area contributed by atoms with Gasteiger partial charge < -0.3 is 5.32 Å². The zero-order valence-corrected chi connectivity index (χ0v) is 17.6. The molecule has 1 aliphatic rings. The van der Waals surface area contributed by atoms with E-state index in [1.54, 1.807) is 13.2 Å². The predicted octanol–water partition coefficient (Wildman–Crippen LogP) is 2.98. The van der Waals surface area contributed by atoms with Gasteiger partial charge in [0.1, 0.15) is 11.9 Å². The third kappa shape index (κ3) is 3.93. The lowest BCUT2D eigenvalue weighted by Crippen LogP contribution is -2.50. The van der Waals surface area contributed by atoms with E-state index in [0.29, 0.717) is 12.4 Å². The van der Waals surface area contributed by atoms with E-state index in [4.69, 9.17) is 0 Å². The second kappa shape index (κ2) is 8.29. The largest absolute Gasteiger partial charge is 0.338 e. The molecular formula is C23H24FN5O2. The number of aromatic nitrogens is 3. The highest BCUT2D eigenvalue weighted by Crippen LogP contribution is 2.36. The van der Waals surface area contributed by atoms with Crippen LogP contribution in [-0.4, -0.2) is 39.7 Å². The van der Waals surface area contributed by atoms with Crippen LogP contribution in [0.15, 0.2) is 54.9 Å². The summed E-state index contributed by atoms with van der Waals surface area (Å²) < 4.78 is 15.9. The lowest BCUT2D eigenvalue weighted by molar-refractivity contribution is -0.121. The first-order chi connectivity index (χ1) is 14.9. The molecule has 4 rings (SSSR count). The lowest BCUT2D eigenvalue weighted by atomic mass is 9.85. The maximum atomic E-state index is 14.5. The Morgan fingerprint density at radius 2 is 1.90 bits per heavy atom. The number of benzene rings is 1. The molecule has 8 heteroatoms. The quantitative estimate of drug-likeness (QED) is 0.702. The molecule has 31 heavy (non-hydrogen) atoms. The number of anilines is 1. The number of halogens is 1. The number of likely N-dealkylation sites (N-methyl/N-ethyl adjacent to an activating group) is 1. The molecule has 1 aromatic carbocycles. The second-order valence-electron chi connectivity index (χ2n) is 7.92. The summed E-state index contributed by atoms with van der Waals surface area (Å²) in [4.78, 5) is 31.8. The minimum Gasteiger partial charge on any atom is -0.338 e. The highest BCUT2D eigenvalue weighted by Gasteiger charge is 2.39. The van der Waals surface area contributed by atoms with Crippen LogP contribution < -0.4 is 10.2 Å². The first kappa shape index (κ1) is 20.7. The first-order valence-corrected chi connectivity index (χ1v) is 10.2. The van der Waals surface area contributed by atoms with Gasteiger partial charge >= 0.3 is 0 Å². The summed E-state index contributed by atoms with van der Waals surface area (Å²) in [5.74, 6) is -1.43. The fourth-order valence-corrected chi connectivity index (χ4v) is 3.96. The van der Waals surface area contributed by atoms with Gasteiger partial charge in [-0.15, -0.1) is 0 Å². The van der Waals surface area contributed by atoms with Crippen molar-refractivity contribution < 1.29 is 14.0 Å². The topological polar surface area (TPSA) is 80.1 Å². The van der Waals surface area contributed by atoms with Crippen LogP contribution in [0.25, 0.3) is 0 Å². The van der Waals surface area contributed by atoms with Gasteiger partial charge in [-0.3, -0.25) is 19.2 Å². The number of nitrogens with zero attached hydrogens (tertiary/aromatic N) is 4. The van der Waals surface area contributed by atoms with Crippen molar-refractivity contribution in [2.24, 2.45) is 5.92 Å². The van der Waals surface area contributed by atoms with E-state index in [1.165, 1.54) is 15.8 Å². The standard InChI is InChI=1S/C23H24FN5O2/c1-14-15(2)19(23(31)28(3)21-17(14)10-7-11-25-21)26-22(30)20-18(24)13-29(27-20)12-16-8-5-4-6-9-16/h4-11,13-15,19H,12H2,1-3H3,(H,26,30)/t14-,15+,19+/m1/s1. The van der Waals surface area contributed by atoms with E-state index in [2.05, 4.69) is 15.4 Å². The molecule has 0 saturated carbocycles. The Balaban J connectivity index is 1.56. The smallest absolute Gasteiger partial charge is 0.275 e. The third-order valence-corrected chi connectivity index (χ3v) is 5.94. The predicted molar refractivity (Wildman–Crippen MR) is 114 cm³/mol. The third-order valence-electron chi connectivity index (χ3n) is 5.94. The van der Waals surface area contributed by atoms with E-state index in [0.717, 1.165) is 11.1 Å². The normalized spacial score (nSPS) is 20.8. The molecule has 3 aromatic rings. The van der Waals surface area contributed by atoms with Gasteiger partial charge in [0.15, 0.2) is 11.5 Å². The Morgan fingerprint density at radius 1 is 1.16 bits per heavy atom. The highest BCUT2D eigenvalue weighted by atomic mass is 19.1. The first-order valence-electron chi connectivity index (χ1n) is 10.2. The number of pyridine rings is 1. The molecule has 2 aromatic heterocycles. The van der Waals surface area contributed by atoms with E-state index in [9.17, 15) is 14.0 Å². The molecule has 0 radical (unpaired) electrons. The second-order valence-corrected chi connectivity index (χ2v) is 7.92. The maximum absolute atomic E-state index is 14.5. The molecule has 7 nitrogen and oxygen atoms in total. The molecule has 1 aliphatic heterocycles. The van der Waals surface area contributed by atoms with Crippen molar-refractivity contribution in [3.8, 4) is 0 Å². The van der Waals surface area contributed by atoms with Gasteiger partial charge in [-0.25, -0.2) is 9.37 Å². The molecule has 0 bridgehead atoms. The van der Waals surface area contributed by atoms with Gasteiger partial charge in [-0.05, 0) is 29.0 Å². The van der Waals surface area contributed by atoms with E-state index >= 15 is 0 Å². The van der Waals surface area contributed by atoms with Gasteiger partial charge in [-0.1, -0.05) is 50.2 Å². The number of fused-ring (bicyclic) bond motifs is 1. The average molecular weight is 421 g/mol. The van der Waals surface area contributed by atoms with Crippen LogP contribution in [0, 0.1) is 11.7 Å². The monoisotopic (exact) mass is 421 g/mol. The van der Waals surface area contributed by atoms with Gasteiger partial charge in [0.25, 0.3) is 11.8 Å². The summed E-state index contributed by atoms with van der Waals surface area (Å²) >= 11 is 0. The summed E-state index contributed by atoms with van der Waals surface area (Å²) in [5, 5.41) is 6.83. The van der Waals surface area contributed by atoms with Crippen molar-refractivity contribution in [1.29, 1.82) is 0 Å². The average Bonchev–Trinajstić information content (AvgIpc) is 3.13. The number of nitrogens with one attached hydrogen (secondary N) is 1. The molecular weight excluding hydrogens is 397 g/mol. The molecule has 0 spiro atoms. The Labute approximate surface area is 179 Å². The summed E-state index contributed by atoms with van der Waals surface area (Å²) in [6, 6.07) is 12.4. The van der Waals surface area contributed by atoms with Crippen molar-refractivity contribution in [2.75, 3.05) is 11.9 Å². The SMILES string of the molecule is C[C@@H]1[C@H](NC(=O)c2nn(Cc3ccccc3)cc2F)C(=O)N(C)c2ncccc2[C@@H]1C. The molecule has 0 fully saturated rings. The molecule has 2 amide bonds. The summed E-state index contributed by atoms with van der Waals surface area (Å²) in [5.41, 5.74) is 1.54. The zero-order chi connectivity index (χ0) is 22.1. The zero-order valence-electron chi connectivity index (χ0n) is 17.6. The Morgan fingerprint density at radius 3 is 2.65 bits per heavy atom. The van der Waals surface area contributed by atoms with Gasteiger partial charge in [0, 0.05) is 13.2 Å². The molecule has 160 valence electrons. The Bertz CT molecular complexity index is 1110. The van der Waals surface area contributed by atoms with Crippen LogP contribution in [0.1, 0.15) is 41.4 Å². The number of carbonyl (C=O) groups is 2. The minimum absolute atomic E-state index is 0.0385. The minimum atomic E-state index is -0.833. The van der Waals surface area contributed by atoms with Crippen molar-refractivity contribution in [3.63, 3.8) is 0 Å². The fraction of sp³-hybridized carbons (Fsp3) is 0.304. The van der Waals surface area contributed by atoms with Crippen LogP contribution in [0.5, 0.6) is 0 Å². The van der Waals surface area contributed by atoms with E-state index < -0.39 is 17.8 Å².